The van der Waals surface area contributed by atoms with Crippen molar-refractivity contribution in [3.8, 4) is 0 Å². The monoisotopic (exact) mass is 261 g/mol. The summed E-state index contributed by atoms with van der Waals surface area (Å²) < 4.78 is 0. The van der Waals surface area contributed by atoms with Crippen molar-refractivity contribution in [3.63, 3.8) is 0 Å². The summed E-state index contributed by atoms with van der Waals surface area (Å²) in [5.74, 6) is 2.37. The minimum atomic E-state index is 0.212. The summed E-state index contributed by atoms with van der Waals surface area (Å²) in [6.45, 7) is 7.99. The summed E-state index contributed by atoms with van der Waals surface area (Å²) in [5, 5.41) is 0. The molecule has 2 aliphatic carbocycles. The number of hydrogen-bond acceptors (Lipinski definition) is 1. The first-order chi connectivity index (χ1) is 9.06. The molecule has 2 unspecified atom stereocenters. The van der Waals surface area contributed by atoms with Crippen LogP contribution in [-0.2, 0) is 4.79 Å². The smallest absolute Gasteiger partial charge is 0.219 e. The van der Waals surface area contributed by atoms with E-state index in [4.69, 9.17) is 0 Å². The van der Waals surface area contributed by atoms with E-state index in [-0.39, 0.29) is 5.91 Å². The fourth-order valence-electron chi connectivity index (χ4n) is 2.89. The third-order valence-electron chi connectivity index (χ3n) is 4.44. The quantitative estimate of drug-likeness (QED) is 0.689. The molecule has 2 aliphatic rings. The van der Waals surface area contributed by atoms with Gasteiger partial charge < -0.3 is 4.90 Å². The molecule has 0 heterocycles. The van der Waals surface area contributed by atoms with Crippen LogP contribution in [0.15, 0.2) is 23.8 Å². The summed E-state index contributed by atoms with van der Waals surface area (Å²) in [6, 6.07) is 0. The van der Waals surface area contributed by atoms with E-state index < -0.39 is 0 Å². The van der Waals surface area contributed by atoms with Crippen molar-refractivity contribution in [2.75, 3.05) is 13.1 Å². The van der Waals surface area contributed by atoms with Gasteiger partial charge in [-0.05, 0) is 50.4 Å². The normalized spacial score (nSPS) is 27.4. The molecule has 0 spiro atoms. The Morgan fingerprint density at radius 3 is 2.79 bits per heavy atom. The number of carbonyl (C=O) groups is 1. The Kier molecular flexibility index (Phi) is 4.84. The number of nitrogens with zero attached hydrogens (tertiary/aromatic N) is 1. The van der Waals surface area contributed by atoms with Crippen LogP contribution < -0.4 is 0 Å². The summed E-state index contributed by atoms with van der Waals surface area (Å²) in [7, 11) is 0. The van der Waals surface area contributed by atoms with Gasteiger partial charge >= 0.3 is 0 Å². The highest BCUT2D eigenvalue weighted by molar-refractivity contribution is 5.73. The van der Waals surface area contributed by atoms with E-state index in [1.54, 1.807) is 6.92 Å². The lowest BCUT2D eigenvalue weighted by Crippen LogP contribution is -2.31. The van der Waals surface area contributed by atoms with Crippen molar-refractivity contribution in [2.45, 2.75) is 46.5 Å². The van der Waals surface area contributed by atoms with E-state index in [0.29, 0.717) is 5.92 Å². The van der Waals surface area contributed by atoms with Crippen molar-refractivity contribution in [2.24, 2.45) is 17.8 Å². The van der Waals surface area contributed by atoms with Gasteiger partial charge in [0.15, 0.2) is 0 Å². The zero-order chi connectivity index (χ0) is 13.8. The van der Waals surface area contributed by atoms with Crippen molar-refractivity contribution in [3.05, 3.63) is 23.8 Å². The zero-order valence-electron chi connectivity index (χ0n) is 12.6. The van der Waals surface area contributed by atoms with E-state index >= 15 is 0 Å². The molecule has 0 bridgehead atoms. The Hall–Kier alpha value is -1.05. The Balaban J connectivity index is 1.82. The van der Waals surface area contributed by atoms with Crippen LogP contribution in [0.1, 0.15) is 46.5 Å². The maximum absolute atomic E-state index is 11.6. The fourth-order valence-corrected chi connectivity index (χ4v) is 2.89. The first-order valence-corrected chi connectivity index (χ1v) is 7.64. The zero-order valence-corrected chi connectivity index (χ0v) is 12.6. The summed E-state index contributed by atoms with van der Waals surface area (Å²) in [4.78, 5) is 13.6. The minimum absolute atomic E-state index is 0.212. The maximum atomic E-state index is 11.6. The van der Waals surface area contributed by atoms with Crippen LogP contribution >= 0.6 is 0 Å². The Morgan fingerprint density at radius 1 is 1.47 bits per heavy atom. The van der Waals surface area contributed by atoms with Gasteiger partial charge in [-0.2, -0.15) is 0 Å². The molecule has 2 atom stereocenters. The van der Waals surface area contributed by atoms with Gasteiger partial charge in [0, 0.05) is 20.0 Å². The highest BCUT2D eigenvalue weighted by Gasteiger charge is 2.25. The Labute approximate surface area is 117 Å². The Bertz CT molecular complexity index is 379. The maximum Gasteiger partial charge on any atom is 0.219 e. The standard InChI is InChI=1S/C17H27NO/c1-13-6-9-17(14(2)11-13)5-4-10-18(15(3)19)12-16-7-8-16/h4-6,14,16-17H,7-12H2,1-3H3. The number of amides is 1. The largest absolute Gasteiger partial charge is 0.339 e. The van der Waals surface area contributed by atoms with Crippen molar-refractivity contribution >= 4 is 5.91 Å². The van der Waals surface area contributed by atoms with Crippen molar-refractivity contribution in [1.29, 1.82) is 0 Å². The molecule has 1 saturated carbocycles. The second-order valence-electron chi connectivity index (χ2n) is 6.43. The average Bonchev–Trinajstić information content (AvgIpc) is 3.14. The molecular formula is C17H27NO. The molecule has 0 aliphatic heterocycles. The highest BCUT2D eigenvalue weighted by Crippen LogP contribution is 2.31. The molecule has 0 aromatic rings. The van der Waals surface area contributed by atoms with Crippen LogP contribution in [0.3, 0.4) is 0 Å². The topological polar surface area (TPSA) is 20.3 Å². The molecule has 2 rings (SSSR count). The van der Waals surface area contributed by atoms with Crippen molar-refractivity contribution < 1.29 is 4.79 Å². The van der Waals surface area contributed by atoms with Gasteiger partial charge in [-0.15, -0.1) is 0 Å². The van der Waals surface area contributed by atoms with Gasteiger partial charge in [0.2, 0.25) is 5.91 Å². The summed E-state index contributed by atoms with van der Waals surface area (Å²) >= 11 is 0. The molecule has 0 radical (unpaired) electrons. The van der Waals surface area contributed by atoms with E-state index in [0.717, 1.165) is 31.3 Å². The van der Waals surface area contributed by atoms with Gasteiger partial charge in [-0.3, -0.25) is 4.79 Å². The van der Waals surface area contributed by atoms with E-state index in [1.807, 2.05) is 4.90 Å². The lowest BCUT2D eigenvalue weighted by atomic mass is 9.81. The number of allylic oxidation sites excluding steroid dienone is 3. The molecule has 1 fully saturated rings. The third-order valence-corrected chi connectivity index (χ3v) is 4.44. The molecule has 0 aromatic carbocycles. The highest BCUT2D eigenvalue weighted by atomic mass is 16.2. The van der Waals surface area contributed by atoms with E-state index in [2.05, 4.69) is 32.1 Å². The predicted molar refractivity (Wildman–Crippen MR) is 79.8 cm³/mol. The lowest BCUT2D eigenvalue weighted by molar-refractivity contribution is -0.128. The second kappa shape index (κ2) is 6.40. The van der Waals surface area contributed by atoms with E-state index in [9.17, 15) is 4.79 Å². The Morgan fingerprint density at radius 2 is 2.21 bits per heavy atom. The molecular weight excluding hydrogens is 234 g/mol. The van der Waals surface area contributed by atoms with Crippen LogP contribution in [0.25, 0.3) is 0 Å². The summed E-state index contributed by atoms with van der Waals surface area (Å²) in [5.41, 5.74) is 1.52. The van der Waals surface area contributed by atoms with Gasteiger partial charge in [0.05, 0.1) is 0 Å². The second-order valence-corrected chi connectivity index (χ2v) is 6.43. The summed E-state index contributed by atoms with van der Waals surface area (Å²) in [6.07, 6.45) is 11.9. The molecule has 0 saturated heterocycles. The van der Waals surface area contributed by atoms with Crippen LogP contribution in [-0.4, -0.2) is 23.9 Å². The molecule has 0 aromatic heterocycles. The third kappa shape index (κ3) is 4.52. The van der Waals surface area contributed by atoms with Gasteiger partial charge in [0.1, 0.15) is 0 Å². The molecule has 2 nitrogen and oxygen atoms in total. The van der Waals surface area contributed by atoms with E-state index in [1.165, 1.54) is 24.8 Å². The predicted octanol–water partition coefficient (Wildman–Crippen LogP) is 3.79. The number of rotatable bonds is 5. The van der Waals surface area contributed by atoms with Gasteiger partial charge in [-0.1, -0.05) is 30.7 Å². The fraction of sp³-hybridized carbons (Fsp3) is 0.706. The van der Waals surface area contributed by atoms with Crippen LogP contribution in [0.4, 0.5) is 0 Å². The van der Waals surface area contributed by atoms with Gasteiger partial charge in [-0.25, -0.2) is 0 Å². The average molecular weight is 261 g/mol. The number of carbonyl (C=O) groups excluding carboxylic acids is 1. The lowest BCUT2D eigenvalue weighted by Gasteiger charge is -2.25. The van der Waals surface area contributed by atoms with Crippen LogP contribution in [0, 0.1) is 17.8 Å². The molecule has 2 heteroatoms. The molecule has 0 N–H and O–H groups in total. The first kappa shape index (κ1) is 14.4. The van der Waals surface area contributed by atoms with Crippen LogP contribution in [0.2, 0.25) is 0 Å². The molecule has 1 amide bonds. The number of hydrogen-bond donors (Lipinski definition) is 0. The molecule has 106 valence electrons. The van der Waals surface area contributed by atoms with Gasteiger partial charge in [0.25, 0.3) is 0 Å². The first-order valence-electron chi connectivity index (χ1n) is 7.64. The molecule has 19 heavy (non-hydrogen) atoms. The minimum Gasteiger partial charge on any atom is -0.339 e. The van der Waals surface area contributed by atoms with Crippen molar-refractivity contribution in [1.82, 2.24) is 4.90 Å². The SMILES string of the molecule is CC(=O)N(CC=CC1CC=C(C)CC1C)CC1CC1. The van der Waals surface area contributed by atoms with Crippen LogP contribution in [0.5, 0.6) is 0 Å².